The van der Waals surface area contributed by atoms with E-state index < -0.39 is 85.4 Å². The molecule has 21 heteroatoms. The molecule has 49 heavy (non-hydrogen) atoms. The maximum Gasteiger partial charge on any atom is 0.300 e. The number of carbonyl (C=O) groups is 2. The number of benzene rings is 1. The van der Waals surface area contributed by atoms with Crippen molar-refractivity contribution in [2.75, 3.05) is 38.2 Å². The van der Waals surface area contributed by atoms with Crippen LogP contribution >= 0.6 is 0 Å². The molecule has 0 radical (unpaired) electrons. The van der Waals surface area contributed by atoms with Crippen LogP contribution in [0.15, 0.2) is 16.8 Å². The number of fused-ring (bicyclic) bond motifs is 1. The smallest absolute Gasteiger partial charge is 0.300 e. The zero-order valence-electron chi connectivity index (χ0n) is 26.5. The summed E-state index contributed by atoms with van der Waals surface area (Å²) < 4.78 is 27.2. The number of nitrogens with one attached hydrogen (secondary N) is 3. The Balaban J connectivity index is 1.22. The van der Waals surface area contributed by atoms with Crippen LogP contribution in [0.3, 0.4) is 0 Å². The normalized spacial score (nSPS) is 30.2. The lowest BCUT2D eigenvalue weighted by atomic mass is 9.95. The van der Waals surface area contributed by atoms with Gasteiger partial charge in [0.2, 0.25) is 17.3 Å². The minimum absolute atomic E-state index is 0.0412. The predicted molar refractivity (Wildman–Crippen MR) is 162 cm³/mol. The van der Waals surface area contributed by atoms with Crippen molar-refractivity contribution < 1.29 is 68.7 Å². The Morgan fingerprint density at radius 2 is 1.61 bits per heavy atom. The highest BCUT2D eigenvalue weighted by molar-refractivity contribution is 5.93. The monoisotopic (exact) mass is 702 g/mol. The van der Waals surface area contributed by atoms with Crippen LogP contribution in [-0.2, 0) is 28.5 Å². The van der Waals surface area contributed by atoms with Crippen molar-refractivity contribution in [2.45, 2.75) is 94.0 Å². The zero-order chi connectivity index (χ0) is 35.7. The number of nitro groups is 1. The number of rotatable bonds is 17. The van der Waals surface area contributed by atoms with Crippen LogP contribution in [0.5, 0.6) is 0 Å². The molecule has 2 amide bonds. The molecule has 10 atom stereocenters. The summed E-state index contributed by atoms with van der Waals surface area (Å²) in [5, 5.41) is 87.6. The van der Waals surface area contributed by atoms with E-state index in [1.165, 1.54) is 19.1 Å². The van der Waals surface area contributed by atoms with E-state index in [4.69, 9.17) is 18.9 Å². The van der Waals surface area contributed by atoms with E-state index in [-0.39, 0.29) is 42.2 Å². The molecule has 2 aliphatic rings. The second kappa shape index (κ2) is 17.8. The number of nitrogens with zero attached hydrogens (tertiary/aromatic N) is 3. The van der Waals surface area contributed by atoms with Crippen LogP contribution in [0.4, 0.5) is 11.4 Å². The summed E-state index contributed by atoms with van der Waals surface area (Å²) in [7, 11) is 0. The summed E-state index contributed by atoms with van der Waals surface area (Å²) in [6, 6.07) is 1.61. The first-order chi connectivity index (χ1) is 23.5. The van der Waals surface area contributed by atoms with Crippen LogP contribution in [0.2, 0.25) is 0 Å². The van der Waals surface area contributed by atoms with Crippen molar-refractivity contribution in [3.63, 3.8) is 0 Å². The fourth-order valence-corrected chi connectivity index (χ4v) is 5.50. The van der Waals surface area contributed by atoms with E-state index in [2.05, 4.69) is 30.9 Å². The summed E-state index contributed by atoms with van der Waals surface area (Å²) in [6.45, 7) is 0.212. The molecule has 0 bridgehead atoms. The van der Waals surface area contributed by atoms with Gasteiger partial charge in [0.25, 0.3) is 0 Å². The highest BCUT2D eigenvalue weighted by Gasteiger charge is 2.51. The third-order valence-corrected chi connectivity index (χ3v) is 8.06. The van der Waals surface area contributed by atoms with Crippen molar-refractivity contribution >= 4 is 34.2 Å². The first-order valence-electron chi connectivity index (χ1n) is 15.7. The van der Waals surface area contributed by atoms with E-state index >= 15 is 0 Å². The Kier molecular flexibility index (Phi) is 13.9. The van der Waals surface area contributed by atoms with Gasteiger partial charge in [0, 0.05) is 32.5 Å². The van der Waals surface area contributed by atoms with E-state index in [9.17, 15) is 50.3 Å². The average Bonchev–Trinajstić information content (AvgIpc) is 3.57. The molecule has 1 aromatic carbocycles. The van der Waals surface area contributed by atoms with Crippen molar-refractivity contribution in [1.82, 2.24) is 20.9 Å². The van der Waals surface area contributed by atoms with Gasteiger partial charge in [0.05, 0.1) is 30.4 Å². The molecular weight excluding hydrogens is 660 g/mol. The van der Waals surface area contributed by atoms with Gasteiger partial charge in [0.15, 0.2) is 18.1 Å². The summed E-state index contributed by atoms with van der Waals surface area (Å²) in [6.07, 6.45) is -11.6. The van der Waals surface area contributed by atoms with Gasteiger partial charge in [-0.2, -0.15) is 0 Å². The van der Waals surface area contributed by atoms with Gasteiger partial charge in [-0.05, 0) is 29.2 Å². The quantitative estimate of drug-likeness (QED) is 0.0451. The first-order valence-corrected chi connectivity index (χ1v) is 15.7. The SMILES string of the molecule is CC(=O)N[C@H]1[C@@H](OCCNC(=O)CCCCCNc2ccc([N+](=O)[O-])c3nonc23)O[C@H](CO)[C@H](O)[C@@H]1O[C@@H]1O[C@H](CO)[C@H](O)[C@H](O)[C@H]1O. The van der Waals surface area contributed by atoms with Crippen LogP contribution in [0.25, 0.3) is 11.0 Å². The maximum atomic E-state index is 12.4. The van der Waals surface area contributed by atoms with Crippen molar-refractivity contribution in [1.29, 1.82) is 0 Å². The lowest BCUT2D eigenvalue weighted by molar-refractivity contribution is -0.383. The Labute approximate surface area is 278 Å². The van der Waals surface area contributed by atoms with Gasteiger partial charge >= 0.3 is 5.69 Å². The number of ether oxygens (including phenoxy) is 4. The molecule has 21 nitrogen and oxygen atoms in total. The third-order valence-electron chi connectivity index (χ3n) is 8.06. The molecule has 2 fully saturated rings. The van der Waals surface area contributed by atoms with E-state index in [1.807, 2.05) is 0 Å². The fraction of sp³-hybridized carbons (Fsp3) is 0.714. The number of aromatic nitrogens is 2. The fourth-order valence-electron chi connectivity index (χ4n) is 5.50. The molecule has 0 spiro atoms. The molecule has 274 valence electrons. The molecule has 3 heterocycles. The summed E-state index contributed by atoms with van der Waals surface area (Å²) in [5.41, 5.74) is 0.616. The number of anilines is 1. The molecule has 2 aliphatic heterocycles. The Morgan fingerprint density at radius 1 is 0.918 bits per heavy atom. The Morgan fingerprint density at radius 3 is 2.31 bits per heavy atom. The van der Waals surface area contributed by atoms with Gasteiger partial charge in [-0.1, -0.05) is 6.42 Å². The first kappa shape index (κ1) is 38.2. The van der Waals surface area contributed by atoms with Crippen LogP contribution in [-0.4, -0.2) is 152 Å². The highest BCUT2D eigenvalue weighted by Crippen LogP contribution is 2.30. The Hall–Kier alpha value is -3.64. The lowest BCUT2D eigenvalue weighted by Crippen LogP contribution is -2.68. The number of hydrogen-bond donors (Lipinski definition) is 9. The van der Waals surface area contributed by atoms with E-state index in [0.29, 0.717) is 31.5 Å². The number of amides is 2. The Bertz CT molecular complexity index is 1400. The van der Waals surface area contributed by atoms with Gasteiger partial charge in [0.1, 0.15) is 48.8 Å². The molecule has 2 saturated heterocycles. The van der Waals surface area contributed by atoms with E-state index in [1.54, 1.807) is 0 Å². The minimum atomic E-state index is -1.80. The third kappa shape index (κ3) is 9.54. The van der Waals surface area contributed by atoms with Crippen LogP contribution in [0, 0.1) is 10.1 Å². The largest absolute Gasteiger partial charge is 0.394 e. The number of nitro benzene ring substituents is 1. The number of carbonyl (C=O) groups excluding carboxylic acids is 2. The molecule has 4 rings (SSSR count). The molecule has 0 aliphatic carbocycles. The summed E-state index contributed by atoms with van der Waals surface area (Å²) in [5.74, 6) is -0.822. The topological polar surface area (TPSA) is 311 Å². The summed E-state index contributed by atoms with van der Waals surface area (Å²) in [4.78, 5) is 35.0. The maximum absolute atomic E-state index is 12.4. The summed E-state index contributed by atoms with van der Waals surface area (Å²) >= 11 is 0. The van der Waals surface area contributed by atoms with Crippen LogP contribution < -0.4 is 16.0 Å². The molecular formula is C28H42N6O15. The second-order valence-electron chi connectivity index (χ2n) is 11.5. The van der Waals surface area contributed by atoms with Gasteiger partial charge in [-0.3, -0.25) is 19.7 Å². The molecule has 1 aromatic heterocycles. The molecule has 0 saturated carbocycles. The molecule has 0 unspecified atom stereocenters. The number of hydrogen-bond acceptors (Lipinski definition) is 18. The second-order valence-corrected chi connectivity index (χ2v) is 11.5. The number of aliphatic hydroxyl groups is 6. The minimum Gasteiger partial charge on any atom is -0.394 e. The average molecular weight is 703 g/mol. The van der Waals surface area contributed by atoms with Crippen LogP contribution in [0.1, 0.15) is 32.6 Å². The predicted octanol–water partition coefficient (Wildman–Crippen LogP) is -3.00. The highest BCUT2D eigenvalue weighted by atomic mass is 16.7. The van der Waals surface area contributed by atoms with Crippen molar-refractivity contribution in [3.8, 4) is 0 Å². The zero-order valence-corrected chi connectivity index (χ0v) is 26.5. The number of non-ortho nitro benzene ring substituents is 1. The number of aliphatic hydroxyl groups excluding tert-OH is 6. The van der Waals surface area contributed by atoms with Gasteiger partial charge < -0.3 is 65.5 Å². The van der Waals surface area contributed by atoms with Gasteiger partial charge in [-0.25, -0.2) is 4.63 Å². The number of unbranched alkanes of at least 4 members (excludes halogenated alkanes) is 2. The lowest BCUT2D eigenvalue weighted by Gasteiger charge is -2.47. The van der Waals surface area contributed by atoms with Gasteiger partial charge in [-0.15, -0.1) is 0 Å². The van der Waals surface area contributed by atoms with Crippen molar-refractivity contribution in [3.05, 3.63) is 22.2 Å². The van der Waals surface area contributed by atoms with E-state index in [0.717, 1.165) is 0 Å². The molecule has 9 N–H and O–H groups in total. The standard InChI is InChI=1S/C28H42N6O15/c1-13(37)31-21-26(48-28-25(42)24(41)22(39)16(11-35)47-28)23(40)17(12-36)46-27(21)45-10-9-30-18(38)5-3-2-4-8-29-14-6-7-15(34(43)44)20-19(14)32-49-33-20/h6-7,16-17,21-29,35-36,39-42H,2-5,8-12H2,1H3,(H,30,38)(H,31,37)/t16-,17-,21-,22+,23+,24+,25-,26-,27+,28+/m1/s1. The van der Waals surface area contributed by atoms with Crippen molar-refractivity contribution in [2.24, 2.45) is 0 Å². The molecule has 2 aromatic rings.